The molecule has 3 N–H and O–H groups in total. The van der Waals surface area contributed by atoms with E-state index in [2.05, 4.69) is 26.1 Å². The first-order chi connectivity index (χ1) is 11.7. The standard InChI is InChI=1S/C16H25N5O3/c22-14(19-11-5-2-1-3-6-11)9-13-20-15(24-21-13)10-18-16(23)12-7-4-8-17-12/h11-12,17H,1-10H2,(H,18,23)(H,19,22). The van der Waals surface area contributed by atoms with Crippen LogP contribution >= 0.6 is 0 Å². The zero-order valence-corrected chi connectivity index (χ0v) is 13.8. The van der Waals surface area contributed by atoms with E-state index in [1.165, 1.54) is 19.3 Å². The van der Waals surface area contributed by atoms with Crippen LogP contribution in [0, 0.1) is 0 Å². The molecular weight excluding hydrogens is 310 g/mol. The Labute approximate surface area is 141 Å². The van der Waals surface area contributed by atoms with Gasteiger partial charge in [0.05, 0.1) is 19.0 Å². The Kier molecular flexibility index (Phi) is 5.79. The third-order valence-electron chi connectivity index (χ3n) is 4.59. The van der Waals surface area contributed by atoms with Gasteiger partial charge in [-0.25, -0.2) is 0 Å². The molecular formula is C16H25N5O3. The number of amides is 2. The van der Waals surface area contributed by atoms with Crippen molar-refractivity contribution in [1.29, 1.82) is 0 Å². The van der Waals surface area contributed by atoms with Gasteiger partial charge in [-0.1, -0.05) is 24.4 Å². The van der Waals surface area contributed by atoms with Crippen LogP contribution in [0.2, 0.25) is 0 Å². The fourth-order valence-electron chi connectivity index (χ4n) is 3.30. The summed E-state index contributed by atoms with van der Waals surface area (Å²) in [5.74, 6) is 0.545. The minimum atomic E-state index is -0.131. The van der Waals surface area contributed by atoms with Crippen molar-refractivity contribution in [3.63, 3.8) is 0 Å². The van der Waals surface area contributed by atoms with Crippen molar-refractivity contribution >= 4 is 11.8 Å². The Hall–Kier alpha value is -1.96. The summed E-state index contributed by atoms with van der Waals surface area (Å²) in [5.41, 5.74) is 0. The normalized spacial score (nSPS) is 21.6. The quantitative estimate of drug-likeness (QED) is 0.695. The van der Waals surface area contributed by atoms with Crippen LogP contribution in [-0.2, 0) is 22.6 Å². The molecule has 1 aliphatic carbocycles. The SMILES string of the molecule is O=C(Cc1noc(CNC(=O)C2CCCN2)n1)NC1CCCCC1. The lowest BCUT2D eigenvalue weighted by Crippen LogP contribution is -2.40. The van der Waals surface area contributed by atoms with Gasteiger partial charge >= 0.3 is 0 Å². The molecule has 1 unspecified atom stereocenters. The van der Waals surface area contributed by atoms with Crippen LogP contribution in [0.3, 0.4) is 0 Å². The maximum absolute atomic E-state index is 12.0. The number of nitrogens with one attached hydrogen (secondary N) is 3. The molecule has 1 aromatic heterocycles. The number of nitrogens with zero attached hydrogens (tertiary/aromatic N) is 2. The lowest BCUT2D eigenvalue weighted by Gasteiger charge is -2.22. The van der Waals surface area contributed by atoms with E-state index in [1.54, 1.807) is 0 Å². The van der Waals surface area contributed by atoms with Crippen molar-refractivity contribution < 1.29 is 14.1 Å². The van der Waals surface area contributed by atoms with Crippen LogP contribution < -0.4 is 16.0 Å². The largest absolute Gasteiger partial charge is 0.353 e. The molecule has 1 aromatic rings. The summed E-state index contributed by atoms with van der Waals surface area (Å²) >= 11 is 0. The average molecular weight is 335 g/mol. The summed E-state index contributed by atoms with van der Waals surface area (Å²) in [6.45, 7) is 1.06. The molecule has 0 aromatic carbocycles. The summed E-state index contributed by atoms with van der Waals surface area (Å²) in [4.78, 5) is 28.1. The number of carbonyl (C=O) groups excluding carboxylic acids is 2. The molecule has 1 saturated carbocycles. The molecule has 24 heavy (non-hydrogen) atoms. The fraction of sp³-hybridized carbons (Fsp3) is 0.750. The summed E-state index contributed by atoms with van der Waals surface area (Å²) in [6, 6.07) is 0.143. The van der Waals surface area contributed by atoms with Crippen LogP contribution in [-0.4, -0.2) is 40.6 Å². The Balaban J connectivity index is 1.41. The lowest BCUT2D eigenvalue weighted by atomic mass is 9.95. The topological polar surface area (TPSA) is 109 Å². The second-order valence-electron chi connectivity index (χ2n) is 6.55. The highest BCUT2D eigenvalue weighted by atomic mass is 16.5. The zero-order valence-electron chi connectivity index (χ0n) is 13.8. The summed E-state index contributed by atoms with van der Waals surface area (Å²) in [5, 5.41) is 12.7. The van der Waals surface area contributed by atoms with E-state index in [0.717, 1.165) is 32.2 Å². The highest BCUT2D eigenvalue weighted by Crippen LogP contribution is 2.17. The molecule has 2 heterocycles. The monoisotopic (exact) mass is 335 g/mol. The zero-order chi connectivity index (χ0) is 16.8. The van der Waals surface area contributed by atoms with Crippen molar-refractivity contribution in [3.8, 4) is 0 Å². The van der Waals surface area contributed by atoms with Crippen LogP contribution in [0.25, 0.3) is 0 Å². The van der Waals surface area contributed by atoms with Gasteiger partial charge in [-0.05, 0) is 32.2 Å². The minimum Gasteiger partial charge on any atom is -0.353 e. The molecule has 1 aliphatic heterocycles. The first-order valence-corrected chi connectivity index (χ1v) is 8.82. The van der Waals surface area contributed by atoms with E-state index >= 15 is 0 Å². The third-order valence-corrected chi connectivity index (χ3v) is 4.59. The molecule has 8 nitrogen and oxygen atoms in total. The van der Waals surface area contributed by atoms with Gasteiger partial charge in [0, 0.05) is 6.04 Å². The van der Waals surface area contributed by atoms with E-state index < -0.39 is 0 Å². The third kappa shape index (κ3) is 4.77. The van der Waals surface area contributed by atoms with Crippen LogP contribution in [0.15, 0.2) is 4.52 Å². The van der Waals surface area contributed by atoms with Gasteiger partial charge in [-0.3, -0.25) is 9.59 Å². The molecule has 0 spiro atoms. The first-order valence-electron chi connectivity index (χ1n) is 8.82. The van der Waals surface area contributed by atoms with Crippen LogP contribution in [0.5, 0.6) is 0 Å². The maximum Gasteiger partial charge on any atom is 0.246 e. The predicted octanol–water partition coefficient (Wildman–Crippen LogP) is 0.429. The van der Waals surface area contributed by atoms with Crippen molar-refractivity contribution in [2.24, 2.45) is 0 Å². The minimum absolute atomic E-state index is 0.0534. The predicted molar refractivity (Wildman–Crippen MR) is 85.9 cm³/mol. The summed E-state index contributed by atoms with van der Waals surface area (Å²) < 4.78 is 5.09. The summed E-state index contributed by atoms with van der Waals surface area (Å²) in [6.07, 6.45) is 7.66. The Morgan fingerprint density at radius 2 is 2.00 bits per heavy atom. The van der Waals surface area contributed by atoms with E-state index in [0.29, 0.717) is 11.7 Å². The first kappa shape index (κ1) is 16.9. The molecule has 2 amide bonds. The number of hydrogen-bond acceptors (Lipinski definition) is 6. The molecule has 2 aliphatic rings. The number of carbonyl (C=O) groups is 2. The van der Waals surface area contributed by atoms with E-state index in [1.807, 2.05) is 0 Å². The fourth-order valence-corrected chi connectivity index (χ4v) is 3.30. The molecule has 1 atom stereocenters. The van der Waals surface area contributed by atoms with E-state index in [4.69, 9.17) is 4.52 Å². The van der Waals surface area contributed by atoms with Gasteiger partial charge in [0.25, 0.3) is 0 Å². The van der Waals surface area contributed by atoms with Crippen molar-refractivity contribution in [2.75, 3.05) is 6.54 Å². The van der Waals surface area contributed by atoms with Crippen molar-refractivity contribution in [3.05, 3.63) is 11.7 Å². The molecule has 8 heteroatoms. The van der Waals surface area contributed by atoms with Gasteiger partial charge in [0.1, 0.15) is 0 Å². The smallest absolute Gasteiger partial charge is 0.246 e. The second-order valence-corrected chi connectivity index (χ2v) is 6.55. The van der Waals surface area contributed by atoms with Crippen molar-refractivity contribution in [1.82, 2.24) is 26.1 Å². The number of rotatable bonds is 6. The Bertz CT molecular complexity index is 562. The Morgan fingerprint density at radius 1 is 1.17 bits per heavy atom. The van der Waals surface area contributed by atoms with Gasteiger partial charge in [-0.2, -0.15) is 4.98 Å². The van der Waals surface area contributed by atoms with Crippen LogP contribution in [0.1, 0.15) is 56.7 Å². The van der Waals surface area contributed by atoms with E-state index in [9.17, 15) is 9.59 Å². The lowest BCUT2D eigenvalue weighted by molar-refractivity contribution is -0.123. The summed E-state index contributed by atoms with van der Waals surface area (Å²) in [7, 11) is 0. The molecule has 0 bridgehead atoms. The number of aromatic nitrogens is 2. The molecule has 1 saturated heterocycles. The molecule has 2 fully saturated rings. The molecule has 132 valence electrons. The molecule has 0 radical (unpaired) electrons. The van der Waals surface area contributed by atoms with Gasteiger partial charge < -0.3 is 20.5 Å². The van der Waals surface area contributed by atoms with Crippen molar-refractivity contribution in [2.45, 2.75) is 70.0 Å². The van der Waals surface area contributed by atoms with Gasteiger partial charge in [0.15, 0.2) is 5.82 Å². The number of hydrogen-bond donors (Lipinski definition) is 3. The highest BCUT2D eigenvalue weighted by molar-refractivity contribution is 5.81. The van der Waals surface area contributed by atoms with Crippen LogP contribution in [0.4, 0.5) is 0 Å². The highest BCUT2D eigenvalue weighted by Gasteiger charge is 2.22. The van der Waals surface area contributed by atoms with Gasteiger partial charge in [-0.15, -0.1) is 0 Å². The Morgan fingerprint density at radius 3 is 2.75 bits per heavy atom. The van der Waals surface area contributed by atoms with Gasteiger partial charge in [0.2, 0.25) is 17.7 Å². The maximum atomic E-state index is 12.0. The average Bonchev–Trinajstić information content (AvgIpc) is 3.25. The van der Waals surface area contributed by atoms with E-state index in [-0.39, 0.29) is 36.9 Å². The second kappa shape index (κ2) is 8.23. The molecule has 3 rings (SSSR count).